The summed E-state index contributed by atoms with van der Waals surface area (Å²) in [4.78, 5) is 11.8. The van der Waals surface area contributed by atoms with Crippen molar-refractivity contribution in [3.05, 3.63) is 24.8 Å². The van der Waals surface area contributed by atoms with Gasteiger partial charge < -0.3 is 5.32 Å². The normalized spacial score (nSPS) is 39.8. The summed E-state index contributed by atoms with van der Waals surface area (Å²) in [7, 11) is 0. The molecule has 0 bridgehead atoms. The molecule has 0 aromatic heterocycles. The van der Waals surface area contributed by atoms with Crippen LogP contribution in [0.4, 0.5) is 0 Å². The molecule has 2 heteroatoms. The Kier molecular flexibility index (Phi) is 9.38. The highest BCUT2D eigenvalue weighted by molar-refractivity contribution is 5.91. The average molecular weight is 510 g/mol. The van der Waals surface area contributed by atoms with Crippen molar-refractivity contribution < 1.29 is 4.79 Å². The van der Waals surface area contributed by atoms with Gasteiger partial charge in [-0.15, -0.1) is 6.58 Å². The molecule has 0 aliphatic heterocycles. The van der Waals surface area contributed by atoms with Gasteiger partial charge in [-0.3, -0.25) is 4.79 Å². The number of carbonyl (C=O) groups excluding carboxylic acids is 1. The van der Waals surface area contributed by atoms with Gasteiger partial charge in [0, 0.05) is 12.1 Å². The molecule has 37 heavy (non-hydrogen) atoms. The summed E-state index contributed by atoms with van der Waals surface area (Å²) in [5.41, 5.74) is 1.74. The second-order valence-electron chi connectivity index (χ2n) is 14.9. The SMILES string of the molecule is C=C[C@H](CCCC(C)C)[C@H]1CCC2C3CCC4C[C@@H](CCCNC(=O)C(=C)C)CC[C@]4(C)C3CC[C@@]21C. The molecule has 4 aliphatic rings. The second-order valence-corrected chi connectivity index (χ2v) is 14.9. The lowest BCUT2D eigenvalue weighted by Crippen LogP contribution is -2.53. The van der Waals surface area contributed by atoms with Crippen LogP contribution in [0.5, 0.6) is 0 Å². The maximum absolute atomic E-state index is 11.8. The van der Waals surface area contributed by atoms with Crippen molar-refractivity contribution in [1.82, 2.24) is 5.32 Å². The first-order valence-corrected chi connectivity index (χ1v) is 16.2. The van der Waals surface area contributed by atoms with Crippen molar-refractivity contribution in [3.63, 3.8) is 0 Å². The standard InChI is InChI=1S/C35H59NO/c1-8-27(13-9-11-24(2)3)30-16-17-31-29-15-14-28-23-26(12-10-22-36-33(37)25(4)5)18-20-34(28,6)32(29)19-21-35(30,31)7/h8,24,26-32H,1,4,9-23H2,2-3,5-7H3,(H,36,37)/t26-,27+,28?,29?,30+,31?,32?,34-,35+/m0/s1. The van der Waals surface area contributed by atoms with Gasteiger partial charge >= 0.3 is 0 Å². The second kappa shape index (κ2) is 12.0. The highest BCUT2D eigenvalue weighted by Gasteiger charge is 2.60. The largest absolute Gasteiger partial charge is 0.352 e. The quantitative estimate of drug-likeness (QED) is 0.168. The topological polar surface area (TPSA) is 29.1 Å². The number of allylic oxidation sites excluding steroid dienone is 1. The maximum atomic E-state index is 11.8. The fourth-order valence-electron chi connectivity index (χ4n) is 10.3. The number of rotatable bonds is 11. The Morgan fingerprint density at radius 2 is 1.70 bits per heavy atom. The molecular formula is C35H59NO. The first-order valence-electron chi connectivity index (χ1n) is 16.2. The highest BCUT2D eigenvalue weighted by atomic mass is 16.1. The molecule has 0 spiro atoms. The summed E-state index contributed by atoms with van der Waals surface area (Å²) in [6.07, 6.45) is 22.0. The predicted molar refractivity (Wildman–Crippen MR) is 158 cm³/mol. The predicted octanol–water partition coefficient (Wildman–Crippen LogP) is 9.36. The van der Waals surface area contributed by atoms with E-state index in [1.165, 1.54) is 83.5 Å². The molecule has 2 nitrogen and oxygen atoms in total. The molecule has 210 valence electrons. The number of nitrogens with one attached hydrogen (secondary N) is 1. The zero-order chi connectivity index (χ0) is 26.8. The molecule has 4 fully saturated rings. The summed E-state index contributed by atoms with van der Waals surface area (Å²) in [6, 6.07) is 0. The molecule has 4 aliphatic carbocycles. The lowest BCUT2D eigenvalue weighted by Gasteiger charge is -2.61. The van der Waals surface area contributed by atoms with Crippen LogP contribution < -0.4 is 5.32 Å². The van der Waals surface area contributed by atoms with Crippen molar-refractivity contribution in [2.75, 3.05) is 6.54 Å². The van der Waals surface area contributed by atoms with E-state index in [1.807, 2.05) is 0 Å². The van der Waals surface area contributed by atoms with Crippen LogP contribution in [0.3, 0.4) is 0 Å². The summed E-state index contributed by atoms with van der Waals surface area (Å²) < 4.78 is 0. The van der Waals surface area contributed by atoms with E-state index in [9.17, 15) is 4.79 Å². The molecule has 1 amide bonds. The van der Waals surface area contributed by atoms with Gasteiger partial charge in [0.25, 0.3) is 0 Å². The zero-order valence-electron chi connectivity index (χ0n) is 25.1. The molecule has 0 saturated heterocycles. The molecule has 0 aromatic rings. The number of fused-ring (bicyclic) bond motifs is 5. The maximum Gasteiger partial charge on any atom is 0.246 e. The van der Waals surface area contributed by atoms with Gasteiger partial charge in [-0.25, -0.2) is 0 Å². The van der Waals surface area contributed by atoms with Crippen LogP contribution in [-0.2, 0) is 4.79 Å². The minimum absolute atomic E-state index is 0.0166. The van der Waals surface area contributed by atoms with Gasteiger partial charge in [-0.1, -0.05) is 53.2 Å². The third kappa shape index (κ3) is 5.94. The molecule has 4 unspecified atom stereocenters. The van der Waals surface area contributed by atoms with E-state index in [0.717, 1.165) is 60.3 Å². The lowest BCUT2D eigenvalue weighted by molar-refractivity contribution is -0.121. The number of hydrogen-bond donors (Lipinski definition) is 1. The molecule has 0 aromatic carbocycles. The third-order valence-corrected chi connectivity index (χ3v) is 12.4. The monoisotopic (exact) mass is 509 g/mol. The van der Waals surface area contributed by atoms with Crippen LogP contribution in [0.25, 0.3) is 0 Å². The van der Waals surface area contributed by atoms with Gasteiger partial charge in [0.2, 0.25) is 5.91 Å². The number of carbonyl (C=O) groups is 1. The van der Waals surface area contributed by atoms with Gasteiger partial charge in [0.05, 0.1) is 0 Å². The van der Waals surface area contributed by atoms with E-state index >= 15 is 0 Å². The molecule has 1 N–H and O–H groups in total. The summed E-state index contributed by atoms with van der Waals surface area (Å²) in [6.45, 7) is 20.8. The van der Waals surface area contributed by atoms with Crippen LogP contribution >= 0.6 is 0 Å². The number of hydrogen-bond acceptors (Lipinski definition) is 1. The smallest absolute Gasteiger partial charge is 0.246 e. The van der Waals surface area contributed by atoms with Crippen LogP contribution in [0.2, 0.25) is 0 Å². The average Bonchev–Trinajstić information content (AvgIpc) is 3.21. The molecule has 9 atom stereocenters. The van der Waals surface area contributed by atoms with Gasteiger partial charge in [-0.2, -0.15) is 0 Å². The summed E-state index contributed by atoms with van der Waals surface area (Å²) in [5, 5.41) is 3.03. The van der Waals surface area contributed by atoms with Crippen molar-refractivity contribution in [2.45, 2.75) is 125 Å². The fraction of sp³-hybridized carbons (Fsp3) is 0.857. The van der Waals surface area contributed by atoms with E-state index in [2.05, 4.69) is 52.2 Å². The Balaban J connectivity index is 1.34. The first-order chi connectivity index (χ1) is 17.6. The Morgan fingerprint density at radius 3 is 2.41 bits per heavy atom. The summed E-state index contributed by atoms with van der Waals surface area (Å²) >= 11 is 0. The Hall–Kier alpha value is -1.05. The third-order valence-electron chi connectivity index (χ3n) is 12.4. The fourth-order valence-corrected chi connectivity index (χ4v) is 10.3. The van der Waals surface area contributed by atoms with Gasteiger partial charge in [-0.05, 0) is 142 Å². The van der Waals surface area contributed by atoms with E-state index in [0.29, 0.717) is 16.4 Å². The molecule has 4 saturated carbocycles. The lowest BCUT2D eigenvalue weighted by atomic mass is 9.44. The minimum atomic E-state index is 0.0166. The van der Waals surface area contributed by atoms with Crippen LogP contribution in [0.15, 0.2) is 24.8 Å². The van der Waals surface area contributed by atoms with Crippen molar-refractivity contribution in [3.8, 4) is 0 Å². The van der Waals surface area contributed by atoms with E-state index in [4.69, 9.17) is 0 Å². The molecule has 0 radical (unpaired) electrons. The summed E-state index contributed by atoms with van der Waals surface area (Å²) in [5.74, 6) is 7.11. The van der Waals surface area contributed by atoms with Crippen molar-refractivity contribution in [2.24, 2.45) is 58.2 Å². The molecule has 4 rings (SSSR count). The van der Waals surface area contributed by atoms with Crippen LogP contribution in [0, 0.1) is 58.2 Å². The number of amides is 1. The van der Waals surface area contributed by atoms with Crippen molar-refractivity contribution >= 4 is 5.91 Å². The van der Waals surface area contributed by atoms with Crippen LogP contribution in [0.1, 0.15) is 125 Å². The van der Waals surface area contributed by atoms with Crippen LogP contribution in [-0.4, -0.2) is 12.5 Å². The first kappa shape index (κ1) is 28.9. The Morgan fingerprint density at radius 1 is 0.973 bits per heavy atom. The van der Waals surface area contributed by atoms with Gasteiger partial charge in [0.1, 0.15) is 0 Å². The highest BCUT2D eigenvalue weighted by Crippen LogP contribution is 2.68. The van der Waals surface area contributed by atoms with E-state index in [1.54, 1.807) is 6.92 Å². The van der Waals surface area contributed by atoms with E-state index < -0.39 is 0 Å². The molecule has 0 heterocycles. The minimum Gasteiger partial charge on any atom is -0.352 e. The Labute approximate surface area is 229 Å². The van der Waals surface area contributed by atoms with Gasteiger partial charge in [0.15, 0.2) is 0 Å². The zero-order valence-corrected chi connectivity index (χ0v) is 25.1. The van der Waals surface area contributed by atoms with E-state index in [-0.39, 0.29) is 5.91 Å². The van der Waals surface area contributed by atoms with Crippen molar-refractivity contribution in [1.29, 1.82) is 0 Å². The molecular weight excluding hydrogens is 450 g/mol. The Bertz CT molecular complexity index is 814.